The van der Waals surface area contributed by atoms with Crippen molar-refractivity contribution in [2.45, 2.75) is 44.9 Å². The van der Waals surface area contributed by atoms with Gasteiger partial charge in [0, 0.05) is 37.1 Å². The summed E-state index contributed by atoms with van der Waals surface area (Å²) in [7, 11) is 0. The molecule has 0 radical (unpaired) electrons. The molecule has 0 unspecified atom stereocenters. The molecule has 0 aromatic carbocycles. The highest BCUT2D eigenvalue weighted by atomic mass is 16.2. The molecule has 2 aromatic rings. The van der Waals surface area contributed by atoms with Crippen LogP contribution in [-0.4, -0.2) is 39.1 Å². The second-order valence-electron chi connectivity index (χ2n) is 6.59. The van der Waals surface area contributed by atoms with Crippen molar-refractivity contribution >= 4 is 5.91 Å². The van der Waals surface area contributed by atoms with Gasteiger partial charge >= 0.3 is 0 Å². The third-order valence-electron chi connectivity index (χ3n) is 4.60. The van der Waals surface area contributed by atoms with Crippen molar-refractivity contribution in [3.8, 4) is 0 Å². The predicted octanol–water partition coefficient (Wildman–Crippen LogP) is 2.88. The third kappa shape index (κ3) is 3.78. The van der Waals surface area contributed by atoms with Crippen molar-refractivity contribution in [2.24, 2.45) is 0 Å². The minimum absolute atomic E-state index is 0.210. The summed E-state index contributed by atoms with van der Waals surface area (Å²) in [6, 6.07) is 6.00. The molecule has 1 fully saturated rings. The van der Waals surface area contributed by atoms with Crippen LogP contribution in [-0.2, 0) is 11.2 Å². The van der Waals surface area contributed by atoms with Gasteiger partial charge in [-0.25, -0.2) is 0 Å². The van der Waals surface area contributed by atoms with Crippen LogP contribution in [0.25, 0.3) is 0 Å². The van der Waals surface area contributed by atoms with E-state index < -0.39 is 0 Å². The van der Waals surface area contributed by atoms with Gasteiger partial charge in [-0.15, -0.1) is 0 Å². The molecule has 1 aliphatic rings. The Kier molecular flexibility index (Phi) is 4.74. The molecule has 23 heavy (non-hydrogen) atoms. The van der Waals surface area contributed by atoms with Crippen LogP contribution in [0.2, 0.25) is 0 Å². The Labute approximate surface area is 137 Å². The number of aromatic nitrogens is 3. The third-order valence-corrected chi connectivity index (χ3v) is 4.60. The standard InChI is InChI=1S/C18H24N4O/c1-13(2)16-12-17(21-20-16)15-5-9-22(10-6-15)18(23)11-14-3-7-19-8-4-14/h3-4,7-8,12-13,15H,5-6,9-11H2,1-2H3,(H,20,21). The number of amides is 1. The number of hydrogen-bond acceptors (Lipinski definition) is 3. The summed E-state index contributed by atoms with van der Waals surface area (Å²) in [5.41, 5.74) is 3.37. The smallest absolute Gasteiger partial charge is 0.226 e. The number of pyridine rings is 1. The van der Waals surface area contributed by atoms with E-state index in [9.17, 15) is 4.79 Å². The average Bonchev–Trinajstić information content (AvgIpc) is 3.06. The summed E-state index contributed by atoms with van der Waals surface area (Å²) >= 11 is 0. The minimum atomic E-state index is 0.210. The van der Waals surface area contributed by atoms with Gasteiger partial charge < -0.3 is 4.90 Å². The lowest BCUT2D eigenvalue weighted by atomic mass is 9.92. The van der Waals surface area contributed by atoms with E-state index in [2.05, 4.69) is 35.1 Å². The molecule has 0 bridgehead atoms. The van der Waals surface area contributed by atoms with Crippen molar-refractivity contribution in [3.05, 3.63) is 47.5 Å². The highest BCUT2D eigenvalue weighted by molar-refractivity contribution is 5.78. The molecule has 0 atom stereocenters. The largest absolute Gasteiger partial charge is 0.342 e. The quantitative estimate of drug-likeness (QED) is 0.944. The number of H-pyrrole nitrogens is 1. The molecule has 2 aromatic heterocycles. The lowest BCUT2D eigenvalue weighted by Crippen LogP contribution is -2.38. The van der Waals surface area contributed by atoms with Crippen molar-refractivity contribution in [1.82, 2.24) is 20.1 Å². The molecule has 0 aliphatic carbocycles. The number of rotatable bonds is 4. The zero-order chi connectivity index (χ0) is 16.2. The number of likely N-dealkylation sites (tertiary alicyclic amines) is 1. The zero-order valence-electron chi connectivity index (χ0n) is 13.8. The zero-order valence-corrected chi connectivity index (χ0v) is 13.8. The van der Waals surface area contributed by atoms with E-state index in [1.54, 1.807) is 12.4 Å². The Balaban J connectivity index is 1.54. The van der Waals surface area contributed by atoms with Gasteiger partial charge in [-0.2, -0.15) is 5.10 Å². The molecule has 3 rings (SSSR count). The van der Waals surface area contributed by atoms with Crippen molar-refractivity contribution in [2.75, 3.05) is 13.1 Å². The fourth-order valence-electron chi connectivity index (χ4n) is 3.08. The van der Waals surface area contributed by atoms with E-state index in [0.717, 1.165) is 37.2 Å². The van der Waals surface area contributed by atoms with Gasteiger partial charge in [-0.3, -0.25) is 14.9 Å². The van der Waals surface area contributed by atoms with Crippen LogP contribution in [0, 0.1) is 0 Å². The fourth-order valence-corrected chi connectivity index (χ4v) is 3.08. The molecular weight excluding hydrogens is 288 g/mol. The maximum atomic E-state index is 12.4. The first-order chi connectivity index (χ1) is 11.1. The monoisotopic (exact) mass is 312 g/mol. The highest BCUT2D eigenvalue weighted by Gasteiger charge is 2.25. The van der Waals surface area contributed by atoms with E-state index in [-0.39, 0.29) is 5.91 Å². The van der Waals surface area contributed by atoms with Crippen LogP contribution in [0.3, 0.4) is 0 Å². The van der Waals surface area contributed by atoms with Crippen LogP contribution >= 0.6 is 0 Å². The lowest BCUT2D eigenvalue weighted by Gasteiger charge is -2.31. The number of hydrogen-bond donors (Lipinski definition) is 1. The van der Waals surface area contributed by atoms with Crippen molar-refractivity contribution < 1.29 is 4.79 Å². The Morgan fingerprint density at radius 2 is 2.00 bits per heavy atom. The van der Waals surface area contributed by atoms with E-state index in [4.69, 9.17) is 0 Å². The van der Waals surface area contributed by atoms with Crippen molar-refractivity contribution in [1.29, 1.82) is 0 Å². The van der Waals surface area contributed by atoms with Gasteiger partial charge in [0.1, 0.15) is 0 Å². The summed E-state index contributed by atoms with van der Waals surface area (Å²) in [5.74, 6) is 1.14. The summed E-state index contributed by atoms with van der Waals surface area (Å²) in [5, 5.41) is 7.57. The Morgan fingerprint density at radius 1 is 1.30 bits per heavy atom. The lowest BCUT2D eigenvalue weighted by molar-refractivity contribution is -0.131. The maximum Gasteiger partial charge on any atom is 0.226 e. The molecule has 0 spiro atoms. The molecule has 1 aliphatic heterocycles. The number of nitrogens with one attached hydrogen (secondary N) is 1. The molecule has 5 heteroatoms. The van der Waals surface area contributed by atoms with Crippen molar-refractivity contribution in [3.63, 3.8) is 0 Å². The van der Waals surface area contributed by atoms with Crippen LogP contribution in [0.4, 0.5) is 0 Å². The molecule has 1 N–H and O–H groups in total. The second-order valence-corrected chi connectivity index (χ2v) is 6.59. The Hall–Kier alpha value is -2.17. The Bertz CT molecular complexity index is 642. The van der Waals surface area contributed by atoms with Crippen LogP contribution < -0.4 is 0 Å². The fraction of sp³-hybridized carbons (Fsp3) is 0.500. The van der Waals surface area contributed by atoms with Gasteiger partial charge in [-0.1, -0.05) is 13.8 Å². The molecular formula is C18H24N4O. The van der Waals surface area contributed by atoms with Crippen LogP contribution in [0.15, 0.2) is 30.6 Å². The number of piperidine rings is 1. The van der Waals surface area contributed by atoms with Crippen LogP contribution in [0.5, 0.6) is 0 Å². The van der Waals surface area contributed by atoms with E-state index in [0.29, 0.717) is 18.3 Å². The highest BCUT2D eigenvalue weighted by Crippen LogP contribution is 2.28. The first-order valence-corrected chi connectivity index (χ1v) is 8.35. The van der Waals surface area contributed by atoms with Gasteiger partial charge in [0.05, 0.1) is 12.1 Å². The van der Waals surface area contributed by atoms with E-state index >= 15 is 0 Å². The normalized spacial score (nSPS) is 16.0. The second kappa shape index (κ2) is 6.94. The Morgan fingerprint density at radius 3 is 2.61 bits per heavy atom. The molecule has 0 saturated carbocycles. The number of carbonyl (C=O) groups excluding carboxylic acids is 1. The molecule has 3 heterocycles. The topological polar surface area (TPSA) is 61.9 Å². The van der Waals surface area contributed by atoms with Gasteiger partial charge in [0.15, 0.2) is 0 Å². The average molecular weight is 312 g/mol. The van der Waals surface area contributed by atoms with E-state index in [1.165, 1.54) is 5.69 Å². The first kappa shape index (κ1) is 15.7. The maximum absolute atomic E-state index is 12.4. The van der Waals surface area contributed by atoms with Gasteiger partial charge in [-0.05, 0) is 42.5 Å². The predicted molar refractivity (Wildman–Crippen MR) is 89.2 cm³/mol. The van der Waals surface area contributed by atoms with Gasteiger partial charge in [0.25, 0.3) is 0 Å². The van der Waals surface area contributed by atoms with Crippen LogP contribution in [0.1, 0.15) is 55.5 Å². The molecule has 5 nitrogen and oxygen atoms in total. The SMILES string of the molecule is CC(C)c1cc(C2CCN(C(=O)Cc3ccncc3)CC2)[nH]n1. The molecule has 1 amide bonds. The van der Waals surface area contributed by atoms with Gasteiger partial charge in [0.2, 0.25) is 5.91 Å². The first-order valence-electron chi connectivity index (χ1n) is 8.35. The molecule has 122 valence electrons. The number of aromatic amines is 1. The van der Waals surface area contributed by atoms with E-state index in [1.807, 2.05) is 17.0 Å². The summed E-state index contributed by atoms with van der Waals surface area (Å²) in [4.78, 5) is 18.4. The summed E-state index contributed by atoms with van der Waals surface area (Å²) in [6.07, 6.45) is 5.94. The number of nitrogens with zero attached hydrogens (tertiary/aromatic N) is 3. The molecule has 1 saturated heterocycles. The summed E-state index contributed by atoms with van der Waals surface area (Å²) < 4.78 is 0. The minimum Gasteiger partial charge on any atom is -0.342 e. The number of carbonyl (C=O) groups is 1. The summed E-state index contributed by atoms with van der Waals surface area (Å²) in [6.45, 7) is 5.95.